The zero-order chi connectivity index (χ0) is 10.7. The van der Waals surface area contributed by atoms with E-state index in [4.69, 9.17) is 0 Å². The maximum Gasteiger partial charge on any atom is 0.152 e. The molecule has 0 spiro atoms. The monoisotopic (exact) mass is 231 g/mol. The van der Waals surface area contributed by atoms with Gasteiger partial charge in [0.1, 0.15) is 0 Å². The lowest BCUT2D eigenvalue weighted by molar-refractivity contribution is 0.547. The molecule has 15 heavy (non-hydrogen) atoms. The SMILES string of the molecule is O=S(=O)(CC1CCCC1)CC1CCCN1. The first-order chi connectivity index (χ1) is 7.16. The highest BCUT2D eigenvalue weighted by molar-refractivity contribution is 7.91. The van der Waals surface area contributed by atoms with Crippen molar-refractivity contribution in [3.63, 3.8) is 0 Å². The summed E-state index contributed by atoms with van der Waals surface area (Å²) in [6, 6.07) is 0.233. The van der Waals surface area contributed by atoms with Gasteiger partial charge in [0.25, 0.3) is 0 Å². The smallest absolute Gasteiger partial charge is 0.152 e. The van der Waals surface area contributed by atoms with Crippen LogP contribution in [0.5, 0.6) is 0 Å². The van der Waals surface area contributed by atoms with Crippen LogP contribution in [0.1, 0.15) is 38.5 Å². The van der Waals surface area contributed by atoms with E-state index in [0.29, 0.717) is 17.4 Å². The van der Waals surface area contributed by atoms with Crippen molar-refractivity contribution in [2.24, 2.45) is 5.92 Å². The Labute approximate surface area is 92.6 Å². The van der Waals surface area contributed by atoms with Crippen molar-refractivity contribution >= 4 is 9.84 Å². The Morgan fingerprint density at radius 3 is 2.33 bits per heavy atom. The minimum Gasteiger partial charge on any atom is -0.313 e. The van der Waals surface area contributed by atoms with Gasteiger partial charge in [-0.2, -0.15) is 0 Å². The Morgan fingerprint density at radius 1 is 1.00 bits per heavy atom. The van der Waals surface area contributed by atoms with Gasteiger partial charge in [0.05, 0.1) is 11.5 Å². The minimum atomic E-state index is -2.81. The molecule has 2 aliphatic rings. The van der Waals surface area contributed by atoms with Crippen LogP contribution in [-0.4, -0.2) is 32.5 Å². The molecule has 1 unspecified atom stereocenters. The third-order valence-corrected chi connectivity index (χ3v) is 5.47. The molecule has 1 saturated carbocycles. The van der Waals surface area contributed by atoms with E-state index >= 15 is 0 Å². The predicted octanol–water partition coefficient (Wildman–Crippen LogP) is 1.34. The number of rotatable bonds is 4. The average Bonchev–Trinajstić information content (AvgIpc) is 2.75. The molecule has 1 saturated heterocycles. The first-order valence-electron chi connectivity index (χ1n) is 6.09. The summed E-state index contributed by atoms with van der Waals surface area (Å²) >= 11 is 0. The maximum atomic E-state index is 11.9. The molecule has 3 nitrogen and oxygen atoms in total. The Bertz CT molecular complexity index is 264. The van der Waals surface area contributed by atoms with Crippen molar-refractivity contribution in [2.45, 2.75) is 44.6 Å². The molecule has 2 rings (SSSR count). The fraction of sp³-hybridized carbons (Fsp3) is 1.00. The van der Waals surface area contributed by atoms with Gasteiger partial charge in [-0.1, -0.05) is 12.8 Å². The second-order valence-electron chi connectivity index (χ2n) is 5.02. The van der Waals surface area contributed by atoms with Gasteiger partial charge in [0, 0.05) is 6.04 Å². The van der Waals surface area contributed by atoms with Crippen LogP contribution >= 0.6 is 0 Å². The number of hydrogen-bond acceptors (Lipinski definition) is 3. The summed E-state index contributed by atoms with van der Waals surface area (Å²) in [7, 11) is -2.81. The van der Waals surface area contributed by atoms with Crippen LogP contribution in [0.4, 0.5) is 0 Å². The summed E-state index contributed by atoms with van der Waals surface area (Å²) in [4.78, 5) is 0. The molecule has 0 bridgehead atoms. The van der Waals surface area contributed by atoms with Gasteiger partial charge in [-0.25, -0.2) is 8.42 Å². The molecular weight excluding hydrogens is 210 g/mol. The van der Waals surface area contributed by atoms with Crippen LogP contribution < -0.4 is 5.32 Å². The van der Waals surface area contributed by atoms with Crippen molar-refractivity contribution in [1.29, 1.82) is 0 Å². The van der Waals surface area contributed by atoms with Crippen molar-refractivity contribution < 1.29 is 8.42 Å². The Kier molecular flexibility index (Phi) is 3.67. The van der Waals surface area contributed by atoms with E-state index in [2.05, 4.69) is 5.32 Å². The van der Waals surface area contributed by atoms with Gasteiger partial charge >= 0.3 is 0 Å². The second kappa shape index (κ2) is 4.83. The molecule has 0 radical (unpaired) electrons. The Balaban J connectivity index is 1.82. The van der Waals surface area contributed by atoms with Crippen LogP contribution in [0.3, 0.4) is 0 Å². The van der Waals surface area contributed by atoms with E-state index in [1.165, 1.54) is 12.8 Å². The van der Waals surface area contributed by atoms with Gasteiger partial charge in [-0.15, -0.1) is 0 Å². The molecule has 0 aromatic rings. The van der Waals surface area contributed by atoms with Crippen LogP contribution in [0.2, 0.25) is 0 Å². The summed E-state index contributed by atoms with van der Waals surface area (Å²) in [5.74, 6) is 1.26. The van der Waals surface area contributed by atoms with E-state index in [-0.39, 0.29) is 6.04 Å². The summed E-state index contributed by atoms with van der Waals surface area (Å²) < 4.78 is 23.8. The topological polar surface area (TPSA) is 46.2 Å². The van der Waals surface area contributed by atoms with Crippen molar-refractivity contribution in [2.75, 3.05) is 18.1 Å². The van der Waals surface area contributed by atoms with Crippen LogP contribution in [0, 0.1) is 5.92 Å². The number of hydrogen-bond donors (Lipinski definition) is 1. The molecule has 88 valence electrons. The second-order valence-corrected chi connectivity index (χ2v) is 7.17. The van der Waals surface area contributed by atoms with Gasteiger partial charge in [0.2, 0.25) is 0 Å². The van der Waals surface area contributed by atoms with Crippen molar-refractivity contribution in [1.82, 2.24) is 5.32 Å². The number of sulfone groups is 1. The van der Waals surface area contributed by atoms with Gasteiger partial charge in [-0.05, 0) is 38.1 Å². The molecule has 4 heteroatoms. The highest BCUT2D eigenvalue weighted by atomic mass is 32.2. The molecule has 2 fully saturated rings. The molecular formula is C11H21NO2S. The molecule has 0 amide bonds. The van der Waals surface area contributed by atoms with E-state index in [0.717, 1.165) is 32.2 Å². The van der Waals surface area contributed by atoms with Gasteiger partial charge in [0.15, 0.2) is 9.84 Å². The van der Waals surface area contributed by atoms with E-state index < -0.39 is 9.84 Å². The minimum absolute atomic E-state index is 0.233. The summed E-state index contributed by atoms with van der Waals surface area (Å²) in [5.41, 5.74) is 0. The zero-order valence-corrected chi connectivity index (χ0v) is 10.1. The maximum absolute atomic E-state index is 11.9. The zero-order valence-electron chi connectivity index (χ0n) is 9.24. The lowest BCUT2D eigenvalue weighted by Gasteiger charge is -2.13. The van der Waals surface area contributed by atoms with Gasteiger partial charge in [-0.3, -0.25) is 0 Å². The predicted molar refractivity (Wildman–Crippen MR) is 61.6 cm³/mol. The van der Waals surface area contributed by atoms with Gasteiger partial charge < -0.3 is 5.32 Å². The molecule has 0 aromatic heterocycles. The van der Waals surface area contributed by atoms with Crippen LogP contribution in [0.25, 0.3) is 0 Å². The molecule has 1 atom stereocenters. The van der Waals surface area contributed by atoms with E-state index in [1.54, 1.807) is 0 Å². The lowest BCUT2D eigenvalue weighted by atomic mass is 10.1. The summed E-state index contributed by atoms with van der Waals surface area (Å²) in [6.45, 7) is 0.990. The third-order valence-electron chi connectivity index (χ3n) is 3.58. The molecule has 1 aliphatic heterocycles. The first-order valence-corrected chi connectivity index (χ1v) is 7.92. The molecule has 1 heterocycles. The Hall–Kier alpha value is -0.0900. The largest absolute Gasteiger partial charge is 0.313 e. The van der Waals surface area contributed by atoms with E-state index in [1.807, 2.05) is 0 Å². The molecule has 1 N–H and O–H groups in total. The van der Waals surface area contributed by atoms with Crippen molar-refractivity contribution in [3.05, 3.63) is 0 Å². The highest BCUT2D eigenvalue weighted by Gasteiger charge is 2.26. The number of nitrogens with one attached hydrogen (secondary N) is 1. The standard InChI is InChI=1S/C11H21NO2S/c13-15(14,8-10-4-1-2-5-10)9-11-6-3-7-12-11/h10-12H,1-9H2. The fourth-order valence-electron chi connectivity index (χ4n) is 2.81. The Morgan fingerprint density at radius 2 is 1.73 bits per heavy atom. The highest BCUT2D eigenvalue weighted by Crippen LogP contribution is 2.26. The van der Waals surface area contributed by atoms with Crippen LogP contribution in [-0.2, 0) is 9.84 Å². The van der Waals surface area contributed by atoms with Crippen LogP contribution in [0.15, 0.2) is 0 Å². The third kappa shape index (κ3) is 3.45. The average molecular weight is 231 g/mol. The summed E-state index contributed by atoms with van der Waals surface area (Å²) in [6.07, 6.45) is 6.85. The fourth-order valence-corrected chi connectivity index (χ4v) is 4.89. The molecule has 0 aromatic carbocycles. The quantitative estimate of drug-likeness (QED) is 0.794. The lowest BCUT2D eigenvalue weighted by Crippen LogP contribution is -2.32. The normalized spacial score (nSPS) is 28.7. The summed E-state index contributed by atoms with van der Waals surface area (Å²) in [5, 5.41) is 3.26. The first kappa shape index (κ1) is 11.4. The van der Waals surface area contributed by atoms with Crippen molar-refractivity contribution in [3.8, 4) is 0 Å². The molecule has 1 aliphatic carbocycles. The van der Waals surface area contributed by atoms with E-state index in [9.17, 15) is 8.42 Å².